The summed E-state index contributed by atoms with van der Waals surface area (Å²) in [5, 5.41) is 3.39. The second kappa shape index (κ2) is 25.7. The lowest BCUT2D eigenvalue weighted by atomic mass is 9.96. The predicted molar refractivity (Wildman–Crippen MR) is 106 cm³/mol. The second-order valence-electron chi connectivity index (χ2n) is 5.21. The molecule has 0 bridgehead atoms. The molecule has 0 spiro atoms. The van der Waals surface area contributed by atoms with E-state index in [2.05, 4.69) is 25.7 Å². The first-order valence-corrected chi connectivity index (χ1v) is 9.02. The smallest absolute Gasteiger partial charge is 0.182 e. The van der Waals surface area contributed by atoms with Gasteiger partial charge in [-0.3, -0.25) is 0 Å². The molecule has 1 aliphatic carbocycles. The molecule has 0 aromatic heterocycles. The fraction of sp³-hybridized carbons (Fsp3) is 0.700. The average molecular weight is 327 g/mol. The zero-order valence-electron chi connectivity index (χ0n) is 16.5. The van der Waals surface area contributed by atoms with Crippen molar-refractivity contribution in [1.82, 2.24) is 5.32 Å². The van der Waals surface area contributed by atoms with Gasteiger partial charge in [-0.1, -0.05) is 71.3 Å². The lowest BCUT2D eigenvalue weighted by Gasteiger charge is -2.24. The van der Waals surface area contributed by atoms with E-state index in [1.54, 1.807) is 13.2 Å². The molecule has 1 fully saturated rings. The maximum absolute atomic E-state index is 5.15. The van der Waals surface area contributed by atoms with Crippen molar-refractivity contribution < 1.29 is 4.74 Å². The van der Waals surface area contributed by atoms with Crippen LogP contribution < -0.4 is 11.1 Å². The maximum Gasteiger partial charge on any atom is 0.182 e. The normalized spacial score (nSPS) is 14.3. The van der Waals surface area contributed by atoms with Crippen LogP contribution in [0.25, 0.3) is 0 Å². The molecule has 1 rings (SSSR count). The zero-order chi connectivity index (χ0) is 18.3. The molecule has 23 heavy (non-hydrogen) atoms. The third kappa shape index (κ3) is 26.0. The minimum Gasteiger partial charge on any atom is -0.483 e. The van der Waals surface area contributed by atoms with Gasteiger partial charge in [-0.2, -0.15) is 0 Å². The average Bonchev–Trinajstić information content (AvgIpc) is 2.56. The molecule has 1 aliphatic rings. The van der Waals surface area contributed by atoms with Gasteiger partial charge in [-0.25, -0.2) is 0 Å². The van der Waals surface area contributed by atoms with E-state index in [9.17, 15) is 0 Å². The fourth-order valence-electron chi connectivity index (χ4n) is 1.84. The third-order valence-electron chi connectivity index (χ3n) is 2.76. The van der Waals surface area contributed by atoms with E-state index in [0.29, 0.717) is 6.04 Å². The lowest BCUT2D eigenvalue weighted by Crippen LogP contribution is -2.30. The van der Waals surface area contributed by atoms with Gasteiger partial charge >= 0.3 is 0 Å². The summed E-state index contributed by atoms with van der Waals surface area (Å²) in [6, 6.07) is 0.643. The Bertz CT molecular complexity index is 265. The quantitative estimate of drug-likeness (QED) is 0.526. The predicted octanol–water partition coefficient (Wildman–Crippen LogP) is 5.55. The molecule has 0 aromatic carbocycles. The molecule has 0 heterocycles. The van der Waals surface area contributed by atoms with Crippen LogP contribution in [-0.4, -0.2) is 19.7 Å². The van der Waals surface area contributed by atoms with Gasteiger partial charge in [-0.05, 0) is 39.3 Å². The Labute approximate surface area is 146 Å². The SMILES string of the molecule is C/C=C(/NC1CCCCC1)OC.C=C/C=C\C.CCC.CCN. The Hall–Kier alpha value is -1.22. The highest BCUT2D eigenvalue weighted by Crippen LogP contribution is 2.18. The van der Waals surface area contributed by atoms with Gasteiger partial charge in [0.2, 0.25) is 0 Å². The summed E-state index contributed by atoms with van der Waals surface area (Å²) in [5.41, 5.74) is 4.85. The Morgan fingerprint density at radius 1 is 1.17 bits per heavy atom. The van der Waals surface area contributed by atoms with Crippen LogP contribution in [0.2, 0.25) is 0 Å². The topological polar surface area (TPSA) is 47.3 Å². The van der Waals surface area contributed by atoms with Crippen molar-refractivity contribution >= 4 is 0 Å². The van der Waals surface area contributed by atoms with E-state index in [4.69, 9.17) is 10.5 Å². The summed E-state index contributed by atoms with van der Waals surface area (Å²) in [5.74, 6) is 0.918. The van der Waals surface area contributed by atoms with Gasteiger partial charge in [0.25, 0.3) is 0 Å². The van der Waals surface area contributed by atoms with E-state index in [-0.39, 0.29) is 0 Å². The second-order valence-corrected chi connectivity index (χ2v) is 5.21. The molecule has 1 saturated carbocycles. The molecule has 138 valence electrons. The zero-order valence-corrected chi connectivity index (χ0v) is 16.5. The number of nitrogens with two attached hydrogens (primary N) is 1. The maximum atomic E-state index is 5.15. The van der Waals surface area contributed by atoms with Crippen LogP contribution in [0.1, 0.15) is 73.1 Å². The summed E-state index contributed by atoms with van der Waals surface area (Å²) in [4.78, 5) is 0. The van der Waals surface area contributed by atoms with Gasteiger partial charge in [0.05, 0.1) is 7.11 Å². The fourth-order valence-corrected chi connectivity index (χ4v) is 1.84. The largest absolute Gasteiger partial charge is 0.483 e. The molecule has 0 radical (unpaired) electrons. The van der Waals surface area contributed by atoms with E-state index in [1.165, 1.54) is 38.5 Å². The van der Waals surface area contributed by atoms with Crippen LogP contribution >= 0.6 is 0 Å². The summed E-state index contributed by atoms with van der Waals surface area (Å²) >= 11 is 0. The molecule has 0 aliphatic heterocycles. The number of hydrogen-bond acceptors (Lipinski definition) is 3. The van der Waals surface area contributed by atoms with Gasteiger partial charge in [-0.15, -0.1) is 0 Å². The highest BCUT2D eigenvalue weighted by Gasteiger charge is 2.13. The molecular formula is C20H42N2O. The molecule has 0 aromatic rings. The van der Waals surface area contributed by atoms with E-state index in [0.717, 1.165) is 12.4 Å². The minimum atomic E-state index is 0.643. The van der Waals surface area contributed by atoms with Crippen molar-refractivity contribution in [2.45, 2.75) is 79.2 Å². The summed E-state index contributed by atoms with van der Waals surface area (Å²) in [6.45, 7) is 14.3. The first-order chi connectivity index (χ1) is 11.1. The lowest BCUT2D eigenvalue weighted by molar-refractivity contribution is 0.235. The van der Waals surface area contributed by atoms with Gasteiger partial charge in [0.15, 0.2) is 5.88 Å². The van der Waals surface area contributed by atoms with Crippen LogP contribution in [0, 0.1) is 0 Å². The standard InChI is InChI=1S/C10H19NO.C5H8.C3H8.C2H7N/c1-3-10(12-2)11-9-7-5-4-6-8-9;1-3-5-4-2;1-3-2;1-2-3/h3,9,11H,4-8H2,1-2H3;3-5H,1H2,2H3;3H2,1-2H3;2-3H2,1H3/b10-3-;5-4-;;. The van der Waals surface area contributed by atoms with Gasteiger partial charge < -0.3 is 15.8 Å². The molecule has 0 atom stereocenters. The van der Waals surface area contributed by atoms with Gasteiger partial charge in [0.1, 0.15) is 0 Å². The summed E-state index contributed by atoms with van der Waals surface area (Å²) < 4.78 is 5.15. The van der Waals surface area contributed by atoms with Crippen molar-refractivity contribution in [3.05, 3.63) is 36.8 Å². The van der Waals surface area contributed by atoms with Crippen LogP contribution in [0.3, 0.4) is 0 Å². The molecular weight excluding hydrogens is 284 g/mol. The summed E-state index contributed by atoms with van der Waals surface area (Å²) in [6.07, 6.45) is 15.5. The van der Waals surface area contributed by atoms with Crippen molar-refractivity contribution in [2.24, 2.45) is 5.73 Å². The highest BCUT2D eigenvalue weighted by atomic mass is 16.5. The first-order valence-electron chi connectivity index (χ1n) is 9.02. The molecule has 3 heteroatoms. The monoisotopic (exact) mass is 326 g/mol. The highest BCUT2D eigenvalue weighted by molar-refractivity contribution is 4.94. The molecule has 0 unspecified atom stereocenters. The third-order valence-corrected chi connectivity index (χ3v) is 2.76. The van der Waals surface area contributed by atoms with Crippen LogP contribution in [0.5, 0.6) is 0 Å². The Kier molecular flexibility index (Phi) is 29.8. The number of rotatable bonds is 4. The van der Waals surface area contributed by atoms with Crippen molar-refractivity contribution in [2.75, 3.05) is 13.7 Å². The first kappa shape index (κ1) is 26.7. The Morgan fingerprint density at radius 3 is 1.91 bits per heavy atom. The number of hydrogen-bond donors (Lipinski definition) is 2. The Balaban J connectivity index is -0.000000303. The van der Waals surface area contributed by atoms with Crippen LogP contribution in [0.4, 0.5) is 0 Å². The van der Waals surface area contributed by atoms with Gasteiger partial charge in [0, 0.05) is 6.04 Å². The Morgan fingerprint density at radius 2 is 1.65 bits per heavy atom. The van der Waals surface area contributed by atoms with E-state index in [1.807, 2.05) is 39.0 Å². The molecule has 3 nitrogen and oxygen atoms in total. The number of allylic oxidation sites excluding steroid dienone is 4. The minimum absolute atomic E-state index is 0.643. The number of nitrogens with one attached hydrogen (secondary N) is 1. The molecule has 0 saturated heterocycles. The van der Waals surface area contributed by atoms with Crippen LogP contribution in [0.15, 0.2) is 36.8 Å². The van der Waals surface area contributed by atoms with Crippen molar-refractivity contribution in [3.63, 3.8) is 0 Å². The van der Waals surface area contributed by atoms with E-state index >= 15 is 0 Å². The molecule has 0 amide bonds. The number of methoxy groups -OCH3 is 1. The van der Waals surface area contributed by atoms with Crippen LogP contribution in [-0.2, 0) is 4.74 Å². The number of ether oxygens (including phenoxy) is 1. The van der Waals surface area contributed by atoms with E-state index < -0.39 is 0 Å². The van der Waals surface area contributed by atoms with Crippen molar-refractivity contribution in [3.8, 4) is 0 Å². The molecule has 3 N–H and O–H groups in total. The summed E-state index contributed by atoms with van der Waals surface area (Å²) in [7, 11) is 1.71. The van der Waals surface area contributed by atoms with Crippen molar-refractivity contribution in [1.29, 1.82) is 0 Å².